The molecule has 0 saturated carbocycles. The number of hydrogen-bond donors (Lipinski definition) is 0. The molecule has 0 N–H and O–H groups in total. The lowest BCUT2D eigenvalue weighted by molar-refractivity contribution is 1.01. The van der Waals surface area contributed by atoms with Crippen molar-refractivity contribution in [3.8, 4) is 22.4 Å². The van der Waals surface area contributed by atoms with E-state index < -0.39 is 0 Å². The van der Waals surface area contributed by atoms with Gasteiger partial charge in [0.25, 0.3) is 0 Å². The van der Waals surface area contributed by atoms with E-state index in [1.165, 1.54) is 62.6 Å². The van der Waals surface area contributed by atoms with Crippen LogP contribution in [0.4, 0.5) is 0 Å². The van der Waals surface area contributed by atoms with Crippen LogP contribution in [0.3, 0.4) is 0 Å². The summed E-state index contributed by atoms with van der Waals surface area (Å²) in [5.41, 5.74) is 10.2. The van der Waals surface area contributed by atoms with Crippen molar-refractivity contribution in [1.82, 2.24) is 4.98 Å². The van der Waals surface area contributed by atoms with Crippen LogP contribution in [0.1, 0.15) is 34.9 Å². The second-order valence-corrected chi connectivity index (χ2v) is 14.6. The number of rotatable bonds is 6. The Kier molecular flexibility index (Phi) is 7.41. The molecular weight excluding hydrogens is 633 g/mol. The van der Waals surface area contributed by atoms with Gasteiger partial charge in [0.05, 0.1) is 5.69 Å². The summed E-state index contributed by atoms with van der Waals surface area (Å²) in [6.07, 6.45) is 12.7. The minimum atomic E-state index is 0.993. The number of aliphatic imine (C=N–C) groups is 1. The van der Waals surface area contributed by atoms with Crippen LogP contribution in [0.5, 0.6) is 0 Å². The third kappa shape index (κ3) is 5.16. The molecule has 0 spiro atoms. The first-order valence-corrected chi connectivity index (χ1v) is 18.3. The Balaban J connectivity index is 1.03. The fraction of sp³-hybridized carbons (Fsp3) is 0.0667. The van der Waals surface area contributed by atoms with Gasteiger partial charge in [-0.25, -0.2) is 0 Å². The van der Waals surface area contributed by atoms with Gasteiger partial charge in [-0.2, -0.15) is 0 Å². The summed E-state index contributed by atoms with van der Waals surface area (Å²) in [6, 6.07) is 39.2. The third-order valence-corrected chi connectivity index (χ3v) is 12.1. The van der Waals surface area contributed by atoms with Crippen molar-refractivity contribution in [2.45, 2.75) is 19.8 Å². The van der Waals surface area contributed by atoms with E-state index in [1.54, 1.807) is 0 Å². The normalized spacial score (nSPS) is 13.5. The minimum absolute atomic E-state index is 0.993. The fourth-order valence-electron chi connectivity index (χ4n) is 7.14. The molecule has 9 rings (SSSR count). The van der Waals surface area contributed by atoms with Gasteiger partial charge in [0, 0.05) is 64.5 Å². The van der Waals surface area contributed by atoms with E-state index in [-0.39, 0.29) is 0 Å². The van der Waals surface area contributed by atoms with Gasteiger partial charge < -0.3 is 0 Å². The fourth-order valence-corrected chi connectivity index (χ4v) is 9.71. The van der Waals surface area contributed by atoms with Crippen LogP contribution in [0.25, 0.3) is 75.1 Å². The number of thiophene rings is 2. The highest BCUT2D eigenvalue weighted by atomic mass is 32.1. The van der Waals surface area contributed by atoms with Crippen LogP contribution >= 0.6 is 22.7 Å². The molecule has 0 unspecified atom stereocenters. The SMILES string of the molecule is C=C/C(=C\N=C(C)c1cccc2c3c(sc12)C=CCC3)c1cccc2cc(-c3ccc(-c4cccc5c4sc4ccccc45)nc3)ccc12. The number of hydrogen-bond acceptors (Lipinski definition) is 4. The van der Waals surface area contributed by atoms with Gasteiger partial charge in [-0.15, -0.1) is 22.7 Å². The van der Waals surface area contributed by atoms with Crippen molar-refractivity contribution in [2.75, 3.05) is 0 Å². The van der Waals surface area contributed by atoms with Crippen molar-refractivity contribution in [3.05, 3.63) is 162 Å². The van der Waals surface area contributed by atoms with Crippen molar-refractivity contribution in [3.63, 3.8) is 0 Å². The summed E-state index contributed by atoms with van der Waals surface area (Å²) in [5, 5.41) is 6.31. The lowest BCUT2D eigenvalue weighted by atomic mass is 9.95. The summed E-state index contributed by atoms with van der Waals surface area (Å²) >= 11 is 3.72. The molecule has 0 aliphatic heterocycles. The predicted molar refractivity (Wildman–Crippen MR) is 215 cm³/mol. The molecule has 49 heavy (non-hydrogen) atoms. The Morgan fingerprint density at radius 2 is 1.57 bits per heavy atom. The number of aromatic nitrogens is 1. The molecule has 0 fully saturated rings. The van der Waals surface area contributed by atoms with E-state index >= 15 is 0 Å². The zero-order valence-corrected chi connectivity index (χ0v) is 28.7. The number of aryl methyl sites for hydroxylation is 1. The molecule has 5 aromatic carbocycles. The molecule has 3 heterocycles. The van der Waals surface area contributed by atoms with Crippen LogP contribution < -0.4 is 0 Å². The smallest absolute Gasteiger partial charge is 0.0716 e. The number of nitrogens with zero attached hydrogens (tertiary/aromatic N) is 2. The van der Waals surface area contributed by atoms with Crippen molar-refractivity contribution in [2.24, 2.45) is 4.99 Å². The van der Waals surface area contributed by atoms with E-state index in [0.29, 0.717) is 0 Å². The number of benzene rings is 5. The van der Waals surface area contributed by atoms with Gasteiger partial charge in [0.1, 0.15) is 0 Å². The molecule has 3 aromatic heterocycles. The van der Waals surface area contributed by atoms with Crippen molar-refractivity contribution < 1.29 is 0 Å². The maximum atomic E-state index is 5.00. The lowest BCUT2D eigenvalue weighted by Crippen LogP contribution is -1.95. The maximum Gasteiger partial charge on any atom is 0.0716 e. The van der Waals surface area contributed by atoms with Gasteiger partial charge >= 0.3 is 0 Å². The average Bonchev–Trinajstić information content (AvgIpc) is 3.73. The molecule has 0 atom stereocenters. The molecule has 0 saturated heterocycles. The van der Waals surface area contributed by atoms with Crippen LogP contribution in [0.2, 0.25) is 0 Å². The van der Waals surface area contributed by atoms with Gasteiger partial charge in [0.2, 0.25) is 0 Å². The summed E-state index contributed by atoms with van der Waals surface area (Å²) in [6.45, 7) is 6.28. The lowest BCUT2D eigenvalue weighted by Gasteiger charge is -2.10. The van der Waals surface area contributed by atoms with Gasteiger partial charge in [0.15, 0.2) is 0 Å². The second-order valence-electron chi connectivity index (χ2n) is 12.5. The largest absolute Gasteiger partial charge is 0.260 e. The number of allylic oxidation sites excluding steroid dienone is 3. The van der Waals surface area contributed by atoms with Crippen LogP contribution in [0, 0.1) is 0 Å². The molecule has 4 heteroatoms. The molecule has 8 aromatic rings. The molecule has 1 aliphatic rings. The number of pyridine rings is 1. The second kappa shape index (κ2) is 12.2. The van der Waals surface area contributed by atoms with Crippen LogP contribution in [-0.2, 0) is 6.42 Å². The molecule has 234 valence electrons. The molecular formula is C45H32N2S2. The topological polar surface area (TPSA) is 25.2 Å². The summed E-state index contributed by atoms with van der Waals surface area (Å²) < 4.78 is 3.92. The molecule has 0 radical (unpaired) electrons. The highest BCUT2D eigenvalue weighted by Gasteiger charge is 2.16. The van der Waals surface area contributed by atoms with Crippen molar-refractivity contribution in [1.29, 1.82) is 0 Å². The van der Waals surface area contributed by atoms with Gasteiger partial charge in [-0.1, -0.05) is 110 Å². The summed E-state index contributed by atoms with van der Waals surface area (Å²) in [7, 11) is 0. The first-order valence-electron chi connectivity index (χ1n) is 16.6. The Morgan fingerprint density at radius 1 is 0.755 bits per heavy atom. The predicted octanol–water partition coefficient (Wildman–Crippen LogP) is 13.1. The van der Waals surface area contributed by atoms with Crippen LogP contribution in [-0.4, -0.2) is 10.7 Å². The summed E-state index contributed by atoms with van der Waals surface area (Å²) in [5.74, 6) is 0. The Bertz CT molecular complexity index is 2680. The Morgan fingerprint density at radius 3 is 2.47 bits per heavy atom. The van der Waals surface area contributed by atoms with E-state index in [1.807, 2.05) is 41.1 Å². The average molecular weight is 665 g/mol. The first-order chi connectivity index (χ1) is 24.2. The highest BCUT2D eigenvalue weighted by Crippen LogP contribution is 2.40. The molecule has 0 amide bonds. The van der Waals surface area contributed by atoms with E-state index in [0.717, 1.165) is 46.5 Å². The quantitative estimate of drug-likeness (QED) is 0.128. The van der Waals surface area contributed by atoms with E-state index in [4.69, 9.17) is 9.98 Å². The number of fused-ring (bicyclic) bond motifs is 7. The monoisotopic (exact) mass is 664 g/mol. The van der Waals surface area contributed by atoms with Gasteiger partial charge in [-0.05, 0) is 82.5 Å². The van der Waals surface area contributed by atoms with E-state index in [9.17, 15) is 0 Å². The summed E-state index contributed by atoms with van der Waals surface area (Å²) in [4.78, 5) is 11.3. The zero-order valence-electron chi connectivity index (χ0n) is 27.1. The molecule has 1 aliphatic carbocycles. The standard InChI is InChI=1S/C45H32N2S2/c1-3-29(26-46-28(2)33-14-9-16-38-36-12-4-6-19-42(36)48-44(33)38)34-15-8-11-31-25-30(21-23-35(31)34)32-22-24-41(47-27-32)40-18-10-17-39-37-13-5-7-20-43(37)49-45(39)40/h3,5-11,13-27H,1,4,12H2,2H3/b29-26+,46-28?. The zero-order chi connectivity index (χ0) is 32.9. The van der Waals surface area contributed by atoms with Crippen LogP contribution in [0.15, 0.2) is 145 Å². The Labute approximate surface area is 293 Å². The molecule has 0 bridgehead atoms. The highest BCUT2D eigenvalue weighted by molar-refractivity contribution is 7.26. The maximum absolute atomic E-state index is 5.00. The first kappa shape index (κ1) is 29.7. The molecule has 2 nitrogen and oxygen atoms in total. The Hall–Kier alpha value is -5.42. The van der Waals surface area contributed by atoms with Gasteiger partial charge in [-0.3, -0.25) is 9.98 Å². The van der Waals surface area contributed by atoms with Crippen molar-refractivity contribution >= 4 is 81.1 Å². The third-order valence-electron chi connectivity index (χ3n) is 9.66. The minimum Gasteiger partial charge on any atom is -0.260 e. The van der Waals surface area contributed by atoms with E-state index in [2.05, 4.69) is 135 Å².